The Morgan fingerprint density at radius 3 is 2.00 bits per heavy atom. The largest absolute Gasteiger partial charge is 0.370 e. The zero-order chi connectivity index (χ0) is 6.78. The van der Waals surface area contributed by atoms with E-state index in [1.807, 2.05) is 0 Å². The van der Waals surface area contributed by atoms with Crippen LogP contribution in [0.3, 0.4) is 0 Å². The van der Waals surface area contributed by atoms with Crippen LogP contribution in [-0.4, -0.2) is 12.0 Å². The zero-order valence-corrected chi connectivity index (χ0v) is 4.95. The first kappa shape index (κ1) is 7.82. The quantitative estimate of drug-likeness (QED) is 0.544. The lowest BCUT2D eigenvalue weighted by Gasteiger charge is -2.16. The van der Waals surface area contributed by atoms with E-state index >= 15 is 0 Å². The van der Waals surface area contributed by atoms with E-state index < -0.39 is 12.0 Å². The molecule has 0 spiro atoms. The lowest BCUT2D eigenvalue weighted by Crippen LogP contribution is -2.27. The Balaban J connectivity index is 3.62. The molecule has 0 aromatic carbocycles. The van der Waals surface area contributed by atoms with Gasteiger partial charge in [-0.3, -0.25) is 0 Å². The van der Waals surface area contributed by atoms with Crippen molar-refractivity contribution in [2.24, 2.45) is 0 Å². The van der Waals surface area contributed by atoms with Crippen molar-refractivity contribution >= 4 is 0 Å². The molecule has 0 bridgehead atoms. The third-order valence-corrected chi connectivity index (χ3v) is 0.964. The minimum Gasteiger partial charge on any atom is -0.370 e. The molecule has 0 aliphatic carbocycles. The second-order valence-corrected chi connectivity index (χ2v) is 1.77. The van der Waals surface area contributed by atoms with E-state index in [0.29, 0.717) is 0 Å². The predicted molar refractivity (Wildman–Crippen MR) is 26.5 cm³/mol. The first-order valence-electron chi connectivity index (χ1n) is 2.27. The molecule has 8 heavy (non-hydrogen) atoms. The maximum Gasteiger partial charge on any atom is 0.270 e. The Morgan fingerprint density at radius 2 is 2.00 bits per heavy atom. The molecule has 3 heteroatoms. The third-order valence-electron chi connectivity index (χ3n) is 0.964. The summed E-state index contributed by atoms with van der Waals surface area (Å²) >= 11 is 0. The molecule has 1 nitrogen and oxygen atoms in total. The average Bonchev–Trinajstić information content (AvgIpc) is 1.62. The molecule has 1 atom stereocenters. The molecule has 1 radical (unpaired) electrons. The number of halogens is 2. The highest BCUT2D eigenvalue weighted by molar-refractivity contribution is 4.66. The predicted octanol–water partition coefficient (Wildman–Crippen LogP) is 1.84. The molecule has 49 valence electrons. The lowest BCUT2D eigenvalue weighted by atomic mass is 10.2. The summed E-state index contributed by atoms with van der Waals surface area (Å²) in [6.45, 7) is 2.07. The van der Waals surface area contributed by atoms with E-state index in [4.69, 9.17) is 0 Å². The van der Waals surface area contributed by atoms with E-state index in [1.165, 1.54) is 6.92 Å². The molecule has 0 saturated heterocycles. The topological polar surface area (TPSA) is 9.23 Å². The molecule has 0 saturated carbocycles. The molecule has 0 rings (SSSR count). The van der Waals surface area contributed by atoms with E-state index in [9.17, 15) is 8.78 Å². The molecule has 1 unspecified atom stereocenters. The maximum absolute atomic E-state index is 12.0. The summed E-state index contributed by atoms with van der Waals surface area (Å²) in [5, 5.41) is 0. The molecule has 0 amide bonds. The highest BCUT2D eigenvalue weighted by Gasteiger charge is 2.29. The smallest absolute Gasteiger partial charge is 0.270 e. The van der Waals surface area contributed by atoms with Crippen LogP contribution in [0.2, 0.25) is 0 Å². The molecule has 0 aliphatic heterocycles. The summed E-state index contributed by atoms with van der Waals surface area (Å²) in [7, 11) is 2.87. The fraction of sp³-hybridized carbons (Fsp3) is 0.800. The minimum atomic E-state index is -2.78. The van der Waals surface area contributed by atoms with Crippen molar-refractivity contribution in [3.63, 3.8) is 0 Å². The maximum atomic E-state index is 12.0. The molecule has 0 aromatic heterocycles. The Bertz CT molecular complexity index is 67.3. The third kappa shape index (κ3) is 2.21. The van der Waals surface area contributed by atoms with Crippen LogP contribution >= 0.6 is 0 Å². The summed E-state index contributed by atoms with van der Waals surface area (Å²) in [6.07, 6.45) is -1.09. The van der Waals surface area contributed by atoms with Crippen LogP contribution in [-0.2, 0) is 4.74 Å². The van der Waals surface area contributed by atoms with Gasteiger partial charge in [0.25, 0.3) is 5.92 Å². The molecular weight excluding hydrogens is 114 g/mol. The summed E-state index contributed by atoms with van der Waals surface area (Å²) in [5.41, 5.74) is 0. The van der Waals surface area contributed by atoms with E-state index in [2.05, 4.69) is 11.8 Å². The van der Waals surface area contributed by atoms with Crippen LogP contribution < -0.4 is 0 Å². The van der Waals surface area contributed by atoms with Crippen LogP contribution in [0, 0.1) is 7.11 Å². The van der Waals surface area contributed by atoms with Crippen LogP contribution in [0.1, 0.15) is 13.8 Å². The highest BCUT2D eigenvalue weighted by atomic mass is 19.3. The molecule has 0 aliphatic rings. The first-order chi connectivity index (χ1) is 3.48. The van der Waals surface area contributed by atoms with Gasteiger partial charge in [-0.1, -0.05) is 0 Å². The number of hydrogen-bond acceptors (Lipinski definition) is 1. The monoisotopic (exact) mass is 123 g/mol. The van der Waals surface area contributed by atoms with Crippen molar-refractivity contribution in [1.82, 2.24) is 0 Å². The molecule has 0 fully saturated rings. The van der Waals surface area contributed by atoms with E-state index in [1.54, 1.807) is 0 Å². The molecule has 0 N–H and O–H groups in total. The molecule has 0 aromatic rings. The van der Waals surface area contributed by atoms with Gasteiger partial charge in [0.1, 0.15) is 6.10 Å². The highest BCUT2D eigenvalue weighted by Crippen LogP contribution is 2.18. The summed E-state index contributed by atoms with van der Waals surface area (Å²) in [5.74, 6) is -2.78. The van der Waals surface area contributed by atoms with Crippen molar-refractivity contribution in [3.8, 4) is 0 Å². The summed E-state index contributed by atoms with van der Waals surface area (Å²) in [6, 6.07) is 0. The van der Waals surface area contributed by atoms with Crippen molar-refractivity contribution < 1.29 is 13.5 Å². The number of rotatable bonds is 2. The van der Waals surface area contributed by atoms with Crippen molar-refractivity contribution in [1.29, 1.82) is 0 Å². The molecular formula is C5H9F2O. The number of ether oxygens (including phenoxy) is 1. The van der Waals surface area contributed by atoms with Gasteiger partial charge in [-0.2, -0.15) is 0 Å². The fourth-order valence-corrected chi connectivity index (χ4v) is 0.146. The lowest BCUT2D eigenvalue weighted by molar-refractivity contribution is -0.0908. The Kier molecular flexibility index (Phi) is 2.34. The van der Waals surface area contributed by atoms with Gasteiger partial charge in [0.15, 0.2) is 0 Å². The average molecular weight is 123 g/mol. The van der Waals surface area contributed by atoms with Crippen molar-refractivity contribution in [2.45, 2.75) is 25.9 Å². The number of alkyl halides is 2. The first-order valence-corrected chi connectivity index (χ1v) is 2.27. The summed E-state index contributed by atoms with van der Waals surface area (Å²) in [4.78, 5) is 0. The summed E-state index contributed by atoms with van der Waals surface area (Å²) < 4.78 is 28.0. The van der Waals surface area contributed by atoms with Crippen LogP contribution in [0.4, 0.5) is 8.78 Å². The van der Waals surface area contributed by atoms with Gasteiger partial charge in [0.2, 0.25) is 0 Å². The van der Waals surface area contributed by atoms with E-state index in [-0.39, 0.29) is 0 Å². The van der Waals surface area contributed by atoms with Gasteiger partial charge in [0.05, 0.1) is 7.11 Å². The molecule has 0 heterocycles. The normalized spacial score (nSPS) is 16.1. The zero-order valence-electron chi connectivity index (χ0n) is 4.95. The number of hydrogen-bond donors (Lipinski definition) is 0. The van der Waals surface area contributed by atoms with Gasteiger partial charge in [0, 0.05) is 6.92 Å². The van der Waals surface area contributed by atoms with Crippen molar-refractivity contribution in [3.05, 3.63) is 7.11 Å². The van der Waals surface area contributed by atoms with Crippen molar-refractivity contribution in [2.75, 3.05) is 0 Å². The van der Waals surface area contributed by atoms with Gasteiger partial charge < -0.3 is 4.74 Å². The van der Waals surface area contributed by atoms with Crippen LogP contribution in [0.25, 0.3) is 0 Å². The second-order valence-electron chi connectivity index (χ2n) is 1.77. The van der Waals surface area contributed by atoms with Crippen LogP contribution in [0.5, 0.6) is 0 Å². The second kappa shape index (κ2) is 2.40. The van der Waals surface area contributed by atoms with E-state index in [0.717, 1.165) is 6.92 Å². The van der Waals surface area contributed by atoms with Gasteiger partial charge in [-0.25, -0.2) is 8.78 Å². The fourth-order valence-electron chi connectivity index (χ4n) is 0.146. The van der Waals surface area contributed by atoms with Gasteiger partial charge in [-0.05, 0) is 6.92 Å². The Morgan fingerprint density at radius 1 is 1.62 bits per heavy atom. The van der Waals surface area contributed by atoms with Gasteiger partial charge in [-0.15, -0.1) is 0 Å². The SMILES string of the molecule is [CH2]OC(C)C(C)(F)F. The Hall–Kier alpha value is -0.180. The van der Waals surface area contributed by atoms with Crippen LogP contribution in [0.15, 0.2) is 0 Å². The minimum absolute atomic E-state index is 0.794. The standard InChI is InChI=1S/C5H9F2O/c1-4(8-3)5(2,6)7/h4H,3H2,1-2H3. The Labute approximate surface area is 47.6 Å². The van der Waals surface area contributed by atoms with Gasteiger partial charge >= 0.3 is 0 Å².